The number of halogens is 1. The Morgan fingerprint density at radius 1 is 0.868 bits per heavy atom. The number of allylic oxidation sites excluding steroid dienone is 6. The summed E-state index contributed by atoms with van der Waals surface area (Å²) in [6, 6.07) is 13.2. The van der Waals surface area contributed by atoms with Crippen molar-refractivity contribution in [3.8, 4) is 11.5 Å². The molecule has 2 aromatic rings. The van der Waals surface area contributed by atoms with Gasteiger partial charge in [-0.2, -0.15) is 0 Å². The van der Waals surface area contributed by atoms with Crippen molar-refractivity contribution in [3.63, 3.8) is 0 Å². The van der Waals surface area contributed by atoms with Gasteiger partial charge in [0.1, 0.15) is 11.5 Å². The number of hydrogen-bond donors (Lipinski definition) is 2. The van der Waals surface area contributed by atoms with Gasteiger partial charge in [-0.3, -0.25) is 24.1 Å². The summed E-state index contributed by atoms with van der Waals surface area (Å²) in [4.78, 5) is 54.9. The first kappa shape index (κ1) is 24.6. The van der Waals surface area contributed by atoms with E-state index < -0.39 is 23.7 Å². The molecular formula is C30H24BrNO6. The van der Waals surface area contributed by atoms with Gasteiger partial charge >= 0.3 is 0 Å². The number of fused-ring (bicyclic) bond motifs is 3. The molecule has 7 nitrogen and oxygen atoms in total. The Morgan fingerprint density at radius 2 is 1.53 bits per heavy atom. The van der Waals surface area contributed by atoms with E-state index in [1.165, 1.54) is 11.0 Å². The first-order valence-corrected chi connectivity index (χ1v) is 13.3. The molecule has 0 radical (unpaired) electrons. The van der Waals surface area contributed by atoms with Crippen LogP contribution in [0.3, 0.4) is 0 Å². The van der Waals surface area contributed by atoms with Crippen LogP contribution >= 0.6 is 15.9 Å². The quantitative estimate of drug-likeness (QED) is 0.323. The lowest BCUT2D eigenvalue weighted by Gasteiger charge is -2.42. The lowest BCUT2D eigenvalue weighted by molar-refractivity contribution is -0.140. The summed E-state index contributed by atoms with van der Waals surface area (Å²) in [6.45, 7) is 0.235. The van der Waals surface area contributed by atoms with E-state index in [-0.39, 0.29) is 52.3 Å². The normalized spacial score (nSPS) is 26.6. The molecule has 0 spiro atoms. The van der Waals surface area contributed by atoms with Crippen LogP contribution in [0.2, 0.25) is 0 Å². The Balaban J connectivity index is 1.37. The summed E-state index contributed by atoms with van der Waals surface area (Å²) in [6.07, 6.45) is 4.35. The molecule has 2 N–H and O–H groups in total. The lowest BCUT2D eigenvalue weighted by Crippen LogP contribution is -2.39. The highest BCUT2D eigenvalue weighted by Crippen LogP contribution is 2.55. The minimum Gasteiger partial charge on any atom is -0.508 e. The molecule has 4 aliphatic rings. The zero-order chi connectivity index (χ0) is 26.7. The summed E-state index contributed by atoms with van der Waals surface area (Å²) < 4.78 is 0.190. The molecule has 192 valence electrons. The number of carbonyl (C=O) groups is 4. The minimum absolute atomic E-state index is 0.0857. The van der Waals surface area contributed by atoms with E-state index in [9.17, 15) is 29.4 Å². The number of nitrogens with zero attached hydrogens (tertiary/aromatic N) is 1. The van der Waals surface area contributed by atoms with Gasteiger partial charge in [-0.1, -0.05) is 35.9 Å². The van der Waals surface area contributed by atoms with Crippen molar-refractivity contribution in [2.75, 3.05) is 6.54 Å². The van der Waals surface area contributed by atoms with Gasteiger partial charge in [-0.05, 0) is 76.5 Å². The van der Waals surface area contributed by atoms with Crippen LogP contribution in [0.15, 0.2) is 81.9 Å². The molecule has 0 aromatic heterocycles. The van der Waals surface area contributed by atoms with Crippen LogP contribution in [0.5, 0.6) is 11.5 Å². The van der Waals surface area contributed by atoms with E-state index in [2.05, 4.69) is 15.9 Å². The fourth-order valence-corrected chi connectivity index (χ4v) is 6.89. The summed E-state index contributed by atoms with van der Waals surface area (Å²) in [7, 11) is 0. The Kier molecular flexibility index (Phi) is 5.94. The highest BCUT2D eigenvalue weighted by molar-refractivity contribution is 9.12. The number of likely N-dealkylation sites (tertiary alicyclic amines) is 1. The number of rotatable bonds is 4. The third-order valence-electron chi connectivity index (χ3n) is 8.21. The van der Waals surface area contributed by atoms with Crippen molar-refractivity contribution in [2.45, 2.75) is 25.2 Å². The smallest absolute Gasteiger partial charge is 0.233 e. The first-order chi connectivity index (χ1) is 18.2. The summed E-state index contributed by atoms with van der Waals surface area (Å²) in [5, 5.41) is 19.4. The Hall–Kier alpha value is -3.78. The number of phenolic OH excluding ortho intramolecular Hbond substituents is 2. The minimum atomic E-state index is -0.608. The summed E-state index contributed by atoms with van der Waals surface area (Å²) in [5.41, 5.74) is 3.32. The summed E-state index contributed by atoms with van der Waals surface area (Å²) >= 11 is 3.23. The number of hydrogen-bond acceptors (Lipinski definition) is 6. The Labute approximate surface area is 227 Å². The monoisotopic (exact) mass is 573 g/mol. The molecule has 2 amide bonds. The molecule has 0 bridgehead atoms. The third kappa shape index (κ3) is 3.86. The van der Waals surface area contributed by atoms with Crippen molar-refractivity contribution in [1.29, 1.82) is 0 Å². The van der Waals surface area contributed by atoms with Crippen LogP contribution < -0.4 is 0 Å². The van der Waals surface area contributed by atoms with Crippen molar-refractivity contribution < 1.29 is 29.4 Å². The topological polar surface area (TPSA) is 112 Å². The third-order valence-corrected chi connectivity index (χ3v) is 8.80. The van der Waals surface area contributed by atoms with E-state index in [1.807, 2.05) is 6.08 Å². The van der Waals surface area contributed by atoms with Gasteiger partial charge in [-0.25, -0.2) is 0 Å². The van der Waals surface area contributed by atoms with Crippen LogP contribution in [-0.4, -0.2) is 45.0 Å². The van der Waals surface area contributed by atoms with Gasteiger partial charge < -0.3 is 10.2 Å². The summed E-state index contributed by atoms with van der Waals surface area (Å²) in [5.74, 6) is -2.78. The predicted molar refractivity (Wildman–Crippen MR) is 141 cm³/mol. The fraction of sp³-hybridized carbons (Fsp3) is 0.267. The second-order valence-electron chi connectivity index (χ2n) is 10.2. The average molecular weight is 574 g/mol. The van der Waals surface area contributed by atoms with E-state index >= 15 is 0 Å². The molecule has 1 fully saturated rings. The van der Waals surface area contributed by atoms with Crippen LogP contribution in [0, 0.1) is 17.8 Å². The standard InChI is InChI=1S/C30H24BrNO6/c31-23-14-24(35)27-22(28(23)36)13-21-19(25(27)16-3-7-18(34)8-4-16)9-10-20-26(21)30(38)32(29(20)37)12-11-15-1-5-17(33)6-2-15/h1-9,14,20-21,25-26,33-34H,10-13H2/t20-,21+,25-,26-/m0/s1. The number of benzene rings is 2. The van der Waals surface area contributed by atoms with Crippen LogP contribution in [0.1, 0.15) is 29.9 Å². The van der Waals surface area contributed by atoms with Gasteiger partial charge in [0.2, 0.25) is 11.8 Å². The molecule has 0 saturated carbocycles. The van der Waals surface area contributed by atoms with Gasteiger partial charge in [0.05, 0.1) is 16.3 Å². The largest absolute Gasteiger partial charge is 0.508 e. The van der Waals surface area contributed by atoms with Crippen molar-refractivity contribution >= 4 is 39.3 Å². The number of amides is 2. The van der Waals surface area contributed by atoms with Crippen LogP contribution in [0.25, 0.3) is 0 Å². The van der Waals surface area contributed by atoms with Gasteiger partial charge in [0.25, 0.3) is 0 Å². The van der Waals surface area contributed by atoms with Gasteiger partial charge in [-0.15, -0.1) is 0 Å². The zero-order valence-electron chi connectivity index (χ0n) is 20.3. The first-order valence-electron chi connectivity index (χ1n) is 12.6. The molecule has 38 heavy (non-hydrogen) atoms. The SMILES string of the molecule is O=C1C=C(Br)C(=O)C2=C1[C@@H](c1ccc(O)cc1)C1=CC[C@@H]3C(=O)N(CCc4ccc(O)cc4)C(=O)[C@@H]3[C@@H]1C2. The van der Waals surface area contributed by atoms with Crippen molar-refractivity contribution in [2.24, 2.45) is 17.8 Å². The maximum absolute atomic E-state index is 13.8. The van der Waals surface area contributed by atoms with Crippen LogP contribution in [0.4, 0.5) is 0 Å². The Morgan fingerprint density at radius 3 is 2.21 bits per heavy atom. The average Bonchev–Trinajstić information content (AvgIpc) is 3.15. The highest BCUT2D eigenvalue weighted by Gasteiger charge is 2.56. The molecule has 8 heteroatoms. The molecule has 1 aliphatic heterocycles. The van der Waals surface area contributed by atoms with Crippen molar-refractivity contribution in [1.82, 2.24) is 4.90 Å². The molecule has 3 aliphatic carbocycles. The number of imide groups is 1. The van der Waals surface area contributed by atoms with Gasteiger partial charge in [0.15, 0.2) is 11.6 Å². The maximum atomic E-state index is 13.8. The highest BCUT2D eigenvalue weighted by atomic mass is 79.9. The maximum Gasteiger partial charge on any atom is 0.233 e. The molecule has 2 aromatic carbocycles. The molecule has 1 saturated heterocycles. The predicted octanol–water partition coefficient (Wildman–Crippen LogP) is 4.10. The Bertz CT molecular complexity index is 1480. The van der Waals surface area contributed by atoms with Crippen molar-refractivity contribution in [3.05, 3.63) is 93.0 Å². The lowest BCUT2D eigenvalue weighted by atomic mass is 9.59. The number of phenols is 2. The number of carbonyl (C=O) groups excluding carboxylic acids is 4. The molecule has 6 rings (SSSR count). The zero-order valence-corrected chi connectivity index (χ0v) is 21.8. The molecule has 4 atom stereocenters. The molecule has 0 unspecified atom stereocenters. The van der Waals surface area contributed by atoms with E-state index in [0.29, 0.717) is 24.0 Å². The molecule has 1 heterocycles. The second kappa shape index (κ2) is 9.20. The second-order valence-corrected chi connectivity index (χ2v) is 11.1. The van der Waals surface area contributed by atoms with E-state index in [4.69, 9.17) is 0 Å². The number of Topliss-reactive ketones (excluding diaryl/α,β-unsaturated/α-hetero) is 1. The number of ketones is 2. The van der Waals surface area contributed by atoms with E-state index in [0.717, 1.165) is 16.7 Å². The number of aromatic hydroxyl groups is 2. The van der Waals surface area contributed by atoms with Gasteiger partial charge in [0, 0.05) is 29.7 Å². The molecular weight excluding hydrogens is 550 g/mol. The van der Waals surface area contributed by atoms with Crippen LogP contribution in [-0.2, 0) is 25.6 Å². The van der Waals surface area contributed by atoms with E-state index in [1.54, 1.807) is 48.5 Å². The fourth-order valence-electron chi connectivity index (χ4n) is 6.44.